The quantitative estimate of drug-likeness (QED) is 0.725. The monoisotopic (exact) mass is 274 g/mol. The summed E-state index contributed by atoms with van der Waals surface area (Å²) in [6.07, 6.45) is 2.23. The van der Waals surface area contributed by atoms with Crippen molar-refractivity contribution in [2.45, 2.75) is 24.6 Å². The van der Waals surface area contributed by atoms with Crippen molar-refractivity contribution in [3.05, 3.63) is 0 Å². The molecule has 2 atom stereocenters. The Kier molecular flexibility index (Phi) is 3.67. The molecule has 0 bridgehead atoms. The topological polar surface area (TPSA) is 23.6 Å². The fourth-order valence-electron chi connectivity index (χ4n) is 2.54. The van der Waals surface area contributed by atoms with Gasteiger partial charge in [-0.15, -0.1) is 0 Å². The molecule has 2 unspecified atom stereocenters. The van der Waals surface area contributed by atoms with E-state index in [-0.39, 0.29) is 4.83 Å². The number of likely N-dealkylation sites (tertiary alicyclic amines) is 2. The third-order valence-electron chi connectivity index (χ3n) is 3.53. The molecule has 2 fully saturated rings. The van der Waals surface area contributed by atoms with Crippen molar-refractivity contribution in [2.24, 2.45) is 5.92 Å². The molecule has 0 saturated carbocycles. The summed E-state index contributed by atoms with van der Waals surface area (Å²) in [5.74, 6) is 0.997. The van der Waals surface area contributed by atoms with Crippen LogP contribution in [0.1, 0.15) is 19.8 Å². The standard InChI is InChI=1S/C11H19BrN2O/c1-2-13-5-3-9(7-13)8-14-6-4-10(12)11(14)15/h9-10H,2-8H2,1H3. The Hall–Kier alpha value is -0.0900. The maximum absolute atomic E-state index is 11.7. The number of halogens is 1. The molecule has 86 valence electrons. The van der Waals surface area contributed by atoms with Crippen LogP contribution in [0.3, 0.4) is 0 Å². The summed E-state index contributed by atoms with van der Waals surface area (Å²) in [5.41, 5.74) is 0. The van der Waals surface area contributed by atoms with Gasteiger partial charge in [-0.2, -0.15) is 0 Å². The van der Waals surface area contributed by atoms with Crippen molar-refractivity contribution in [3.8, 4) is 0 Å². The molecule has 1 amide bonds. The summed E-state index contributed by atoms with van der Waals surface area (Å²) >= 11 is 3.42. The normalized spacial score (nSPS) is 32.9. The fourth-order valence-corrected chi connectivity index (χ4v) is 3.04. The fraction of sp³-hybridized carbons (Fsp3) is 0.909. The number of carbonyl (C=O) groups is 1. The molecule has 0 N–H and O–H groups in total. The van der Waals surface area contributed by atoms with Gasteiger partial charge in [-0.3, -0.25) is 4.79 Å². The van der Waals surface area contributed by atoms with Crippen molar-refractivity contribution >= 4 is 21.8 Å². The van der Waals surface area contributed by atoms with Crippen LogP contribution < -0.4 is 0 Å². The number of hydrogen-bond acceptors (Lipinski definition) is 2. The van der Waals surface area contributed by atoms with E-state index in [4.69, 9.17) is 0 Å². The van der Waals surface area contributed by atoms with Gasteiger partial charge in [-0.25, -0.2) is 0 Å². The van der Waals surface area contributed by atoms with E-state index in [0.29, 0.717) is 11.8 Å². The summed E-state index contributed by atoms with van der Waals surface area (Å²) in [4.78, 5) is 16.3. The highest BCUT2D eigenvalue weighted by Gasteiger charge is 2.32. The second kappa shape index (κ2) is 4.83. The first-order valence-corrected chi connectivity index (χ1v) is 6.77. The third kappa shape index (κ3) is 2.53. The first-order chi connectivity index (χ1) is 7.20. The molecule has 2 saturated heterocycles. The number of nitrogens with zero attached hydrogens (tertiary/aromatic N) is 2. The molecule has 0 radical (unpaired) electrons. The Morgan fingerprint density at radius 1 is 1.40 bits per heavy atom. The number of alkyl halides is 1. The minimum Gasteiger partial charge on any atom is -0.341 e. The lowest BCUT2D eigenvalue weighted by Gasteiger charge is -2.20. The van der Waals surface area contributed by atoms with Crippen LogP contribution >= 0.6 is 15.9 Å². The number of rotatable bonds is 3. The van der Waals surface area contributed by atoms with Crippen molar-refractivity contribution < 1.29 is 4.79 Å². The number of carbonyl (C=O) groups excluding carboxylic acids is 1. The minimum absolute atomic E-state index is 0.0844. The van der Waals surface area contributed by atoms with Gasteiger partial charge in [0.05, 0.1) is 4.83 Å². The van der Waals surface area contributed by atoms with Crippen molar-refractivity contribution in [2.75, 3.05) is 32.7 Å². The summed E-state index contributed by atoms with van der Waals surface area (Å²) in [6.45, 7) is 7.65. The lowest BCUT2D eigenvalue weighted by Crippen LogP contribution is -2.33. The molecule has 0 aromatic carbocycles. The van der Waals surface area contributed by atoms with E-state index < -0.39 is 0 Å². The van der Waals surface area contributed by atoms with Gasteiger partial charge in [0.1, 0.15) is 0 Å². The van der Waals surface area contributed by atoms with Gasteiger partial charge >= 0.3 is 0 Å². The largest absolute Gasteiger partial charge is 0.341 e. The molecule has 15 heavy (non-hydrogen) atoms. The molecule has 0 aromatic rings. The molecule has 0 spiro atoms. The maximum atomic E-state index is 11.7. The van der Waals surface area contributed by atoms with Gasteiger partial charge < -0.3 is 9.80 Å². The highest BCUT2D eigenvalue weighted by Crippen LogP contribution is 2.23. The van der Waals surface area contributed by atoms with Gasteiger partial charge in [0, 0.05) is 19.6 Å². The zero-order valence-corrected chi connectivity index (χ0v) is 10.9. The smallest absolute Gasteiger partial charge is 0.236 e. The van der Waals surface area contributed by atoms with Crippen molar-refractivity contribution in [1.82, 2.24) is 9.80 Å². The summed E-state index contributed by atoms with van der Waals surface area (Å²) < 4.78 is 0. The second-order valence-electron chi connectivity index (χ2n) is 4.59. The molecule has 2 aliphatic rings. The molecule has 0 aliphatic carbocycles. The summed E-state index contributed by atoms with van der Waals surface area (Å²) in [6, 6.07) is 0. The molecule has 4 heteroatoms. The number of hydrogen-bond donors (Lipinski definition) is 0. The van der Waals surface area contributed by atoms with Crippen LogP contribution in [0, 0.1) is 5.92 Å². The Labute approximate surface area is 99.9 Å². The van der Waals surface area contributed by atoms with E-state index in [2.05, 4.69) is 27.8 Å². The highest BCUT2D eigenvalue weighted by atomic mass is 79.9. The van der Waals surface area contributed by atoms with Crippen LogP contribution in [-0.4, -0.2) is 53.3 Å². The van der Waals surface area contributed by atoms with E-state index in [1.54, 1.807) is 0 Å². The van der Waals surface area contributed by atoms with Crippen LogP contribution in [0.2, 0.25) is 0 Å². The molecule has 0 aromatic heterocycles. The van der Waals surface area contributed by atoms with Crippen LogP contribution in [0.5, 0.6) is 0 Å². The molecular weight excluding hydrogens is 256 g/mol. The predicted octanol–water partition coefficient (Wildman–Crippen LogP) is 1.32. The van der Waals surface area contributed by atoms with Crippen LogP contribution in [-0.2, 0) is 4.79 Å². The van der Waals surface area contributed by atoms with Crippen LogP contribution in [0.4, 0.5) is 0 Å². The Bertz CT molecular complexity index is 247. The summed E-state index contributed by atoms with van der Waals surface area (Å²) in [5, 5.41) is 0. The summed E-state index contributed by atoms with van der Waals surface area (Å²) in [7, 11) is 0. The molecule has 2 heterocycles. The Balaban J connectivity index is 1.81. The zero-order valence-electron chi connectivity index (χ0n) is 9.29. The Morgan fingerprint density at radius 2 is 2.20 bits per heavy atom. The second-order valence-corrected chi connectivity index (χ2v) is 5.69. The molecular formula is C11H19BrN2O. The average molecular weight is 275 g/mol. The average Bonchev–Trinajstić information content (AvgIpc) is 2.80. The van der Waals surface area contributed by atoms with Gasteiger partial charge in [0.15, 0.2) is 0 Å². The first-order valence-electron chi connectivity index (χ1n) is 5.86. The lowest BCUT2D eigenvalue weighted by molar-refractivity contribution is -0.127. The van der Waals surface area contributed by atoms with Gasteiger partial charge in [0.2, 0.25) is 5.91 Å². The van der Waals surface area contributed by atoms with Gasteiger partial charge in [-0.1, -0.05) is 22.9 Å². The first kappa shape index (κ1) is 11.4. The van der Waals surface area contributed by atoms with E-state index in [1.807, 2.05) is 4.90 Å². The van der Waals surface area contributed by atoms with Crippen LogP contribution in [0.15, 0.2) is 0 Å². The minimum atomic E-state index is 0.0844. The van der Waals surface area contributed by atoms with Gasteiger partial charge in [0.25, 0.3) is 0 Å². The van der Waals surface area contributed by atoms with E-state index in [9.17, 15) is 4.79 Å². The Morgan fingerprint density at radius 3 is 2.73 bits per heavy atom. The molecule has 3 nitrogen and oxygen atoms in total. The zero-order chi connectivity index (χ0) is 10.8. The van der Waals surface area contributed by atoms with E-state index >= 15 is 0 Å². The van der Waals surface area contributed by atoms with E-state index in [1.165, 1.54) is 19.5 Å². The van der Waals surface area contributed by atoms with Gasteiger partial charge in [-0.05, 0) is 31.8 Å². The molecule has 2 rings (SSSR count). The highest BCUT2D eigenvalue weighted by molar-refractivity contribution is 9.10. The van der Waals surface area contributed by atoms with Crippen molar-refractivity contribution in [3.63, 3.8) is 0 Å². The third-order valence-corrected chi connectivity index (χ3v) is 4.38. The number of amides is 1. The van der Waals surface area contributed by atoms with Crippen LogP contribution in [0.25, 0.3) is 0 Å². The van der Waals surface area contributed by atoms with E-state index in [0.717, 1.165) is 26.1 Å². The molecule has 2 aliphatic heterocycles. The lowest BCUT2D eigenvalue weighted by atomic mass is 10.1. The maximum Gasteiger partial charge on any atom is 0.236 e. The SMILES string of the molecule is CCN1CCC(CN2CCC(Br)C2=O)C1. The van der Waals surface area contributed by atoms with Crippen molar-refractivity contribution in [1.29, 1.82) is 0 Å². The predicted molar refractivity (Wildman–Crippen MR) is 64.1 cm³/mol.